The van der Waals surface area contributed by atoms with Crippen LogP contribution < -0.4 is 5.73 Å². The highest BCUT2D eigenvalue weighted by molar-refractivity contribution is 6.00. The summed E-state index contributed by atoms with van der Waals surface area (Å²) in [5.74, 6) is -0.488. The lowest BCUT2D eigenvalue weighted by Crippen LogP contribution is -2.52. The third-order valence-corrected chi connectivity index (χ3v) is 7.40. The first-order valence-corrected chi connectivity index (χ1v) is 15.1. The number of piperidine rings is 1. The minimum atomic E-state index is -0.550. The van der Waals surface area contributed by atoms with Crippen molar-refractivity contribution < 1.29 is 29.0 Å². The van der Waals surface area contributed by atoms with Crippen molar-refractivity contribution in [1.29, 1.82) is 0 Å². The van der Waals surface area contributed by atoms with Gasteiger partial charge in [-0.05, 0) is 82.2 Å². The highest BCUT2D eigenvalue weighted by atomic mass is 16.6. The molecule has 1 atom stereocenters. The zero-order valence-electron chi connectivity index (χ0n) is 26.4. The molecule has 3 N–H and O–H groups in total. The fraction of sp³-hybridized carbons (Fsp3) is 0.500. The molecule has 1 spiro atoms. The number of ether oxygens (including phenoxy) is 2. The van der Waals surface area contributed by atoms with Gasteiger partial charge in [-0.3, -0.25) is 9.59 Å². The summed E-state index contributed by atoms with van der Waals surface area (Å²) in [5, 5.41) is 8.69. The molecule has 1 unspecified atom stereocenters. The van der Waals surface area contributed by atoms with Crippen molar-refractivity contribution in [3.63, 3.8) is 0 Å². The minimum absolute atomic E-state index is 0.00899. The Morgan fingerprint density at radius 2 is 1.65 bits per heavy atom. The van der Waals surface area contributed by atoms with Crippen LogP contribution in [-0.4, -0.2) is 64.4 Å². The van der Waals surface area contributed by atoms with E-state index < -0.39 is 23.3 Å². The molecule has 9 heteroatoms. The van der Waals surface area contributed by atoms with Crippen LogP contribution in [0.5, 0.6) is 0 Å². The van der Waals surface area contributed by atoms with Gasteiger partial charge in [0.1, 0.15) is 5.60 Å². The topological polar surface area (TPSA) is 122 Å². The quantitative estimate of drug-likeness (QED) is 0.420. The molecule has 0 saturated carbocycles. The van der Waals surface area contributed by atoms with E-state index in [2.05, 4.69) is 13.2 Å². The molecule has 2 aromatic carbocycles. The van der Waals surface area contributed by atoms with Gasteiger partial charge < -0.3 is 30.1 Å². The Morgan fingerprint density at radius 1 is 1.05 bits per heavy atom. The molecule has 3 aliphatic heterocycles. The molecule has 0 radical (unpaired) electrons. The highest BCUT2D eigenvalue weighted by Gasteiger charge is 2.51. The van der Waals surface area contributed by atoms with E-state index >= 15 is 0 Å². The van der Waals surface area contributed by atoms with Crippen LogP contribution in [0.4, 0.5) is 4.79 Å². The fourth-order valence-corrected chi connectivity index (χ4v) is 5.39. The monoisotopic (exact) mass is 595 g/mol. The van der Waals surface area contributed by atoms with Gasteiger partial charge in [-0.1, -0.05) is 44.2 Å². The number of carbonyl (C=O) groups excluding carboxylic acids is 3. The van der Waals surface area contributed by atoms with Crippen molar-refractivity contribution in [2.75, 3.05) is 19.7 Å². The Kier molecular flexibility index (Phi) is 13.4. The molecule has 0 aromatic heterocycles. The van der Waals surface area contributed by atoms with Crippen molar-refractivity contribution >= 4 is 17.9 Å². The van der Waals surface area contributed by atoms with E-state index in [4.69, 9.17) is 20.3 Å². The van der Waals surface area contributed by atoms with E-state index in [0.29, 0.717) is 43.6 Å². The van der Waals surface area contributed by atoms with Crippen LogP contribution in [0.2, 0.25) is 0 Å². The SMILES string of the molecule is C=C.CC.CC(C)(C)OC(=O)N1CCC2(CC1)c1ccccc1C(=O)N2Cc1ccc(C(N)=O)cc1.OC1CCCCO1. The number of carbonyl (C=O) groups is 3. The van der Waals surface area contributed by atoms with Gasteiger partial charge in [-0.15, -0.1) is 13.2 Å². The van der Waals surface area contributed by atoms with Crippen LogP contribution in [0.3, 0.4) is 0 Å². The Balaban J connectivity index is 0.000000502. The van der Waals surface area contributed by atoms with Gasteiger partial charge in [-0.25, -0.2) is 4.79 Å². The van der Waals surface area contributed by atoms with Crippen LogP contribution in [0.25, 0.3) is 0 Å². The predicted octanol–water partition coefficient (Wildman–Crippen LogP) is 6.00. The van der Waals surface area contributed by atoms with E-state index in [1.54, 1.807) is 17.0 Å². The van der Waals surface area contributed by atoms with Gasteiger partial charge in [-0.2, -0.15) is 0 Å². The lowest BCUT2D eigenvalue weighted by Gasteiger charge is -2.45. The Bertz CT molecular complexity index is 1190. The second kappa shape index (κ2) is 16.2. The summed E-state index contributed by atoms with van der Waals surface area (Å²) < 4.78 is 10.4. The molecular weight excluding hydrogens is 546 g/mol. The first-order valence-electron chi connectivity index (χ1n) is 15.1. The van der Waals surface area contributed by atoms with Crippen LogP contribution in [0.1, 0.15) is 98.6 Å². The van der Waals surface area contributed by atoms with E-state index in [1.165, 1.54) is 0 Å². The first kappa shape index (κ1) is 35.5. The molecule has 5 rings (SSSR count). The fourth-order valence-electron chi connectivity index (χ4n) is 5.39. The molecule has 9 nitrogen and oxygen atoms in total. The predicted molar refractivity (Wildman–Crippen MR) is 168 cm³/mol. The third-order valence-electron chi connectivity index (χ3n) is 7.40. The van der Waals surface area contributed by atoms with E-state index in [-0.39, 0.29) is 12.0 Å². The Hall–Kier alpha value is -3.69. The normalized spacial score (nSPS) is 18.6. The van der Waals surface area contributed by atoms with Crippen LogP contribution in [0.15, 0.2) is 61.7 Å². The first-order chi connectivity index (χ1) is 20.5. The third kappa shape index (κ3) is 9.15. The molecule has 2 aromatic rings. The second-order valence-electron chi connectivity index (χ2n) is 11.3. The van der Waals surface area contributed by atoms with Gasteiger partial charge in [0, 0.05) is 37.4 Å². The summed E-state index contributed by atoms with van der Waals surface area (Å²) in [6.45, 7) is 17.7. The van der Waals surface area contributed by atoms with Crippen LogP contribution in [-0.2, 0) is 21.6 Å². The number of hydrogen-bond donors (Lipinski definition) is 2. The molecular formula is C34H49N3O6. The standard InChI is InChI=1S/C25H29N3O4.C5H10O2.C2H6.C2H4/c1-24(2,3)32-23(31)27-14-12-25(13-15-27)20-7-5-4-6-19(20)22(30)28(25)16-17-8-10-18(11-9-17)21(26)29;6-5-3-1-2-4-7-5;2*1-2/h4-11H,12-16H2,1-3H3,(H2,26,29);5-6H,1-4H2;1-2H3;1-2H2. The lowest BCUT2D eigenvalue weighted by molar-refractivity contribution is -0.123. The molecule has 0 bridgehead atoms. The number of aliphatic hydroxyl groups excluding tert-OH is 1. The summed E-state index contributed by atoms with van der Waals surface area (Å²) in [6.07, 6.45) is 3.52. The van der Waals surface area contributed by atoms with Crippen LogP contribution >= 0.6 is 0 Å². The summed E-state index contributed by atoms with van der Waals surface area (Å²) in [6, 6.07) is 14.8. The van der Waals surface area contributed by atoms with Gasteiger partial charge in [0.2, 0.25) is 5.91 Å². The van der Waals surface area contributed by atoms with Gasteiger partial charge >= 0.3 is 6.09 Å². The van der Waals surface area contributed by atoms with E-state index in [0.717, 1.165) is 37.0 Å². The van der Waals surface area contributed by atoms with Crippen molar-refractivity contribution in [3.8, 4) is 0 Å². The van der Waals surface area contributed by atoms with Crippen molar-refractivity contribution in [3.05, 3.63) is 83.9 Å². The number of aliphatic hydroxyl groups is 1. The smallest absolute Gasteiger partial charge is 0.410 e. The zero-order chi connectivity index (χ0) is 32.2. The molecule has 3 aliphatic rings. The number of rotatable bonds is 3. The Labute approximate surface area is 256 Å². The van der Waals surface area contributed by atoms with Gasteiger partial charge in [0.05, 0.1) is 5.54 Å². The highest BCUT2D eigenvalue weighted by Crippen LogP contribution is 2.47. The van der Waals surface area contributed by atoms with Crippen molar-refractivity contribution in [2.45, 2.75) is 90.7 Å². The van der Waals surface area contributed by atoms with Crippen LogP contribution in [0, 0.1) is 0 Å². The molecule has 3 amide bonds. The molecule has 2 saturated heterocycles. The number of nitrogens with two attached hydrogens (primary N) is 1. The molecule has 3 heterocycles. The average molecular weight is 596 g/mol. The number of fused-ring (bicyclic) bond motifs is 2. The molecule has 43 heavy (non-hydrogen) atoms. The lowest BCUT2D eigenvalue weighted by atomic mass is 9.80. The second-order valence-corrected chi connectivity index (χ2v) is 11.3. The summed E-state index contributed by atoms with van der Waals surface area (Å²) in [7, 11) is 0. The summed E-state index contributed by atoms with van der Waals surface area (Å²) >= 11 is 0. The van der Waals surface area contributed by atoms with Crippen molar-refractivity contribution in [2.24, 2.45) is 5.73 Å². The molecule has 0 aliphatic carbocycles. The maximum Gasteiger partial charge on any atom is 0.410 e. The van der Waals surface area contributed by atoms with Gasteiger partial charge in [0.25, 0.3) is 5.91 Å². The molecule has 236 valence electrons. The number of amides is 3. The van der Waals surface area contributed by atoms with Crippen molar-refractivity contribution in [1.82, 2.24) is 9.80 Å². The van der Waals surface area contributed by atoms with E-state index in [1.807, 2.05) is 75.9 Å². The summed E-state index contributed by atoms with van der Waals surface area (Å²) in [5.41, 5.74) is 7.41. The number of primary amides is 1. The maximum absolute atomic E-state index is 13.4. The number of benzene rings is 2. The zero-order valence-corrected chi connectivity index (χ0v) is 26.4. The Morgan fingerprint density at radius 3 is 2.14 bits per heavy atom. The average Bonchev–Trinajstić information content (AvgIpc) is 3.22. The minimum Gasteiger partial charge on any atom is -0.444 e. The number of nitrogens with zero attached hydrogens (tertiary/aromatic N) is 2. The largest absolute Gasteiger partial charge is 0.444 e. The van der Waals surface area contributed by atoms with Gasteiger partial charge in [0.15, 0.2) is 6.29 Å². The maximum atomic E-state index is 13.4. The number of hydrogen-bond acceptors (Lipinski definition) is 6. The number of likely N-dealkylation sites (tertiary alicyclic amines) is 1. The summed E-state index contributed by atoms with van der Waals surface area (Å²) in [4.78, 5) is 41.0. The molecule has 2 fully saturated rings. The van der Waals surface area contributed by atoms with E-state index in [9.17, 15) is 14.4 Å².